The normalized spacial score (nSPS) is 10.7. The Morgan fingerprint density at radius 2 is 1.66 bits per heavy atom. The van der Waals surface area contributed by atoms with Crippen molar-refractivity contribution in [2.45, 2.75) is 13.8 Å². The molecule has 2 N–H and O–H groups in total. The molecule has 0 bridgehead atoms. The number of hydrogen-bond donors (Lipinski definition) is 2. The molecule has 3 aromatic carbocycles. The van der Waals surface area contributed by atoms with Gasteiger partial charge in [0.1, 0.15) is 16.6 Å². The Morgan fingerprint density at radius 3 is 2.38 bits per heavy atom. The largest absolute Gasteiger partial charge is 0.495 e. The van der Waals surface area contributed by atoms with Gasteiger partial charge in [-0.15, -0.1) is 0 Å². The molecule has 0 radical (unpaired) electrons. The monoisotopic (exact) mass is 448 g/mol. The van der Waals surface area contributed by atoms with Crippen LogP contribution in [0, 0.1) is 19.7 Å². The van der Waals surface area contributed by atoms with Gasteiger partial charge in [-0.1, -0.05) is 41.9 Å². The van der Waals surface area contributed by atoms with Gasteiger partial charge in [0.15, 0.2) is 5.82 Å². The summed E-state index contributed by atoms with van der Waals surface area (Å²) in [4.78, 5) is 8.84. The van der Waals surface area contributed by atoms with E-state index in [0.717, 1.165) is 27.9 Å². The summed E-state index contributed by atoms with van der Waals surface area (Å²) in [7, 11) is 1.60. The minimum Gasteiger partial charge on any atom is -0.495 e. The van der Waals surface area contributed by atoms with Crippen LogP contribution in [-0.2, 0) is 0 Å². The Hall–Kier alpha value is -3.64. The number of methoxy groups -OCH3 is 1. The summed E-state index contributed by atoms with van der Waals surface area (Å²) in [5.41, 5.74) is 5.54. The van der Waals surface area contributed by atoms with Gasteiger partial charge in [-0.05, 0) is 66.4 Å². The molecule has 4 aromatic rings. The van der Waals surface area contributed by atoms with Gasteiger partial charge in [-0.3, -0.25) is 0 Å². The summed E-state index contributed by atoms with van der Waals surface area (Å²) in [5, 5.41) is 6.88. The van der Waals surface area contributed by atoms with Crippen LogP contribution in [0.5, 0.6) is 5.75 Å². The third-order valence-electron chi connectivity index (χ3n) is 5.09. The quantitative estimate of drug-likeness (QED) is 0.331. The van der Waals surface area contributed by atoms with Gasteiger partial charge in [-0.2, -0.15) is 4.98 Å². The second kappa shape index (κ2) is 9.24. The fourth-order valence-corrected chi connectivity index (χ4v) is 3.51. The molecule has 0 unspecified atom stereocenters. The highest BCUT2D eigenvalue weighted by Crippen LogP contribution is 2.36. The molecule has 0 aliphatic carbocycles. The highest BCUT2D eigenvalue weighted by atomic mass is 35.5. The average molecular weight is 449 g/mol. The Bertz CT molecular complexity index is 1260. The molecule has 0 amide bonds. The van der Waals surface area contributed by atoms with E-state index in [1.165, 1.54) is 12.1 Å². The van der Waals surface area contributed by atoms with Crippen molar-refractivity contribution in [3.05, 3.63) is 88.8 Å². The second-order valence-corrected chi connectivity index (χ2v) is 7.74. The van der Waals surface area contributed by atoms with Gasteiger partial charge >= 0.3 is 0 Å². The van der Waals surface area contributed by atoms with E-state index in [2.05, 4.69) is 20.6 Å². The Kier molecular flexibility index (Phi) is 6.23. The Balaban J connectivity index is 1.64. The van der Waals surface area contributed by atoms with Crippen LogP contribution in [0.1, 0.15) is 11.1 Å². The lowest BCUT2D eigenvalue weighted by molar-refractivity contribution is 0.417. The van der Waals surface area contributed by atoms with E-state index < -0.39 is 0 Å². The molecule has 0 saturated heterocycles. The number of aromatic nitrogens is 2. The van der Waals surface area contributed by atoms with E-state index in [1.54, 1.807) is 25.4 Å². The topological polar surface area (TPSA) is 59.1 Å². The van der Waals surface area contributed by atoms with Gasteiger partial charge in [0.05, 0.1) is 19.0 Å². The molecule has 0 saturated carbocycles. The van der Waals surface area contributed by atoms with E-state index in [-0.39, 0.29) is 5.82 Å². The number of nitrogens with zero attached hydrogens (tertiary/aromatic N) is 2. The number of rotatable bonds is 6. The van der Waals surface area contributed by atoms with Crippen molar-refractivity contribution in [3.63, 3.8) is 0 Å². The molecular weight excluding hydrogens is 427 g/mol. The van der Waals surface area contributed by atoms with Crippen LogP contribution in [0.3, 0.4) is 0 Å². The van der Waals surface area contributed by atoms with Crippen molar-refractivity contribution in [2.24, 2.45) is 0 Å². The lowest BCUT2D eigenvalue weighted by atomic mass is 9.99. The van der Waals surface area contributed by atoms with Crippen molar-refractivity contribution < 1.29 is 9.13 Å². The molecule has 0 fully saturated rings. The molecule has 1 heterocycles. The number of ether oxygens (including phenoxy) is 1. The fraction of sp³-hybridized carbons (Fsp3) is 0.120. The Labute approximate surface area is 191 Å². The molecule has 0 aliphatic heterocycles. The maximum atomic E-state index is 13.3. The zero-order chi connectivity index (χ0) is 22.7. The number of halogens is 2. The number of anilines is 4. The summed E-state index contributed by atoms with van der Waals surface area (Å²) in [6.45, 7) is 3.99. The molecular formula is C25H22ClFN4O. The van der Waals surface area contributed by atoms with Crippen LogP contribution in [0.25, 0.3) is 11.1 Å². The molecule has 1 aromatic heterocycles. The van der Waals surface area contributed by atoms with Gasteiger partial charge in [-0.25, -0.2) is 9.37 Å². The van der Waals surface area contributed by atoms with Crippen LogP contribution >= 0.6 is 11.6 Å². The van der Waals surface area contributed by atoms with Gasteiger partial charge < -0.3 is 15.4 Å². The molecule has 7 heteroatoms. The van der Waals surface area contributed by atoms with Crippen LogP contribution < -0.4 is 15.4 Å². The van der Waals surface area contributed by atoms with Crippen molar-refractivity contribution >= 4 is 34.7 Å². The highest BCUT2D eigenvalue weighted by molar-refractivity contribution is 6.32. The predicted octanol–water partition coefficient (Wildman–Crippen LogP) is 7.05. The summed E-state index contributed by atoms with van der Waals surface area (Å²) in [5.74, 6) is 1.21. The number of hydrogen-bond acceptors (Lipinski definition) is 5. The maximum absolute atomic E-state index is 13.3. The molecule has 5 nitrogen and oxygen atoms in total. The zero-order valence-corrected chi connectivity index (χ0v) is 18.7. The first-order valence-electron chi connectivity index (χ1n) is 10.0. The van der Waals surface area contributed by atoms with E-state index >= 15 is 0 Å². The van der Waals surface area contributed by atoms with Crippen molar-refractivity contribution in [1.82, 2.24) is 9.97 Å². The fourth-order valence-electron chi connectivity index (χ4n) is 3.37. The zero-order valence-electron chi connectivity index (χ0n) is 17.9. The SMILES string of the molecule is COc1cc(-c2ccc(F)cc2)c(C)cc1Nc1ncc(Cl)c(Nc2ccccc2C)n1. The predicted molar refractivity (Wildman–Crippen MR) is 128 cm³/mol. The third-order valence-corrected chi connectivity index (χ3v) is 5.37. The summed E-state index contributed by atoms with van der Waals surface area (Å²) >= 11 is 6.32. The summed E-state index contributed by atoms with van der Waals surface area (Å²) in [6, 6.07) is 18.1. The van der Waals surface area contributed by atoms with Crippen LogP contribution in [0.15, 0.2) is 66.9 Å². The molecule has 4 rings (SSSR count). The molecule has 162 valence electrons. The van der Waals surface area contributed by atoms with Crippen molar-refractivity contribution in [2.75, 3.05) is 17.7 Å². The maximum Gasteiger partial charge on any atom is 0.229 e. The van der Waals surface area contributed by atoms with E-state index in [1.807, 2.05) is 50.2 Å². The molecule has 0 spiro atoms. The van der Waals surface area contributed by atoms with Crippen molar-refractivity contribution in [1.29, 1.82) is 0 Å². The summed E-state index contributed by atoms with van der Waals surface area (Å²) < 4.78 is 18.9. The Morgan fingerprint density at radius 1 is 0.906 bits per heavy atom. The first kappa shape index (κ1) is 21.6. The molecule has 0 aliphatic rings. The third kappa shape index (κ3) is 4.65. The summed E-state index contributed by atoms with van der Waals surface area (Å²) in [6.07, 6.45) is 1.55. The smallest absolute Gasteiger partial charge is 0.229 e. The molecule has 0 atom stereocenters. The number of benzene rings is 3. The van der Waals surface area contributed by atoms with Crippen LogP contribution in [0.2, 0.25) is 5.02 Å². The van der Waals surface area contributed by atoms with E-state index in [9.17, 15) is 4.39 Å². The van der Waals surface area contributed by atoms with Gasteiger partial charge in [0, 0.05) is 5.69 Å². The minimum atomic E-state index is -0.272. The van der Waals surface area contributed by atoms with Gasteiger partial charge in [0.2, 0.25) is 5.95 Å². The van der Waals surface area contributed by atoms with Gasteiger partial charge in [0.25, 0.3) is 0 Å². The van der Waals surface area contributed by atoms with Crippen LogP contribution in [0.4, 0.5) is 27.5 Å². The lowest BCUT2D eigenvalue weighted by Gasteiger charge is -2.16. The van der Waals surface area contributed by atoms with E-state index in [0.29, 0.717) is 28.2 Å². The molecule has 32 heavy (non-hydrogen) atoms. The standard InChI is InChI=1S/C25H22ClFN4O/c1-15-6-4-5-7-21(15)29-24-20(26)14-28-25(31-24)30-22-12-16(2)19(13-23(22)32-3)17-8-10-18(27)11-9-17/h4-14H,1-3H3,(H2,28,29,30,31). The first-order valence-corrected chi connectivity index (χ1v) is 10.4. The first-order chi connectivity index (χ1) is 15.4. The number of aryl methyl sites for hydroxylation is 2. The van der Waals surface area contributed by atoms with E-state index in [4.69, 9.17) is 16.3 Å². The number of para-hydroxylation sites is 1. The number of nitrogens with one attached hydrogen (secondary N) is 2. The lowest BCUT2D eigenvalue weighted by Crippen LogP contribution is -2.03. The second-order valence-electron chi connectivity index (χ2n) is 7.33. The van der Waals surface area contributed by atoms with Crippen LogP contribution in [-0.4, -0.2) is 17.1 Å². The average Bonchev–Trinajstić information content (AvgIpc) is 2.78. The van der Waals surface area contributed by atoms with Crippen molar-refractivity contribution in [3.8, 4) is 16.9 Å². The highest BCUT2D eigenvalue weighted by Gasteiger charge is 2.13. The minimum absolute atomic E-state index is 0.272.